The predicted octanol–water partition coefficient (Wildman–Crippen LogP) is 4.32. The van der Waals surface area contributed by atoms with Crippen molar-refractivity contribution in [2.75, 3.05) is 5.32 Å². The molecule has 1 aromatic heterocycles. The average molecular weight is 371 g/mol. The van der Waals surface area contributed by atoms with Gasteiger partial charge in [-0.15, -0.1) is 0 Å². The highest BCUT2D eigenvalue weighted by atomic mass is 16.4. The van der Waals surface area contributed by atoms with E-state index in [1.54, 1.807) is 4.57 Å². The highest BCUT2D eigenvalue weighted by Gasteiger charge is 2.26. The Hall–Kier alpha value is -2.63. The molecule has 0 aliphatic rings. The van der Waals surface area contributed by atoms with Crippen LogP contribution < -0.4 is 5.32 Å². The number of anilines is 1. The zero-order chi connectivity index (χ0) is 20.0. The van der Waals surface area contributed by atoms with E-state index in [1.807, 2.05) is 58.0 Å². The van der Waals surface area contributed by atoms with E-state index in [4.69, 9.17) is 0 Å². The Bertz CT molecular complexity index is 781. The van der Waals surface area contributed by atoms with Crippen molar-refractivity contribution >= 4 is 17.7 Å². The summed E-state index contributed by atoms with van der Waals surface area (Å²) in [4.78, 5) is 29.3. The average Bonchev–Trinajstić information content (AvgIpc) is 2.93. The van der Waals surface area contributed by atoms with E-state index in [0.29, 0.717) is 25.2 Å². The monoisotopic (exact) mass is 371 g/mol. The lowest BCUT2D eigenvalue weighted by atomic mass is 9.96. The largest absolute Gasteiger partial charge is 0.476 e. The summed E-state index contributed by atoms with van der Waals surface area (Å²) in [5, 5.41) is 12.5. The third kappa shape index (κ3) is 4.96. The van der Waals surface area contributed by atoms with Crippen LogP contribution in [0.4, 0.5) is 5.82 Å². The van der Waals surface area contributed by atoms with E-state index in [0.717, 1.165) is 12.0 Å². The molecule has 27 heavy (non-hydrogen) atoms. The van der Waals surface area contributed by atoms with Crippen LogP contribution in [0.3, 0.4) is 0 Å². The van der Waals surface area contributed by atoms with Crippen LogP contribution in [0, 0.1) is 5.92 Å². The summed E-state index contributed by atoms with van der Waals surface area (Å²) < 4.78 is 1.73. The molecule has 1 atom stereocenters. The molecule has 0 aliphatic carbocycles. The lowest BCUT2D eigenvalue weighted by Crippen LogP contribution is -2.23. The molecule has 146 valence electrons. The molecular formula is C21H29N3O3. The molecule has 2 N–H and O–H groups in total. The van der Waals surface area contributed by atoms with Gasteiger partial charge >= 0.3 is 5.97 Å². The minimum atomic E-state index is -1.08. The van der Waals surface area contributed by atoms with Crippen LogP contribution in [0.25, 0.3) is 0 Å². The van der Waals surface area contributed by atoms with Crippen molar-refractivity contribution in [3.8, 4) is 0 Å². The van der Waals surface area contributed by atoms with Crippen LogP contribution in [-0.4, -0.2) is 26.5 Å². The minimum Gasteiger partial charge on any atom is -0.476 e. The number of imidazole rings is 1. The molecule has 1 heterocycles. The number of aromatic carboxylic acids is 1. The SMILES string of the molecule is CCCc1nc(NC(=O)C(CC)c2ccccc2)c(C(=O)O)n1CC(C)C. The van der Waals surface area contributed by atoms with Crippen molar-refractivity contribution in [1.29, 1.82) is 0 Å². The Balaban J connectivity index is 2.39. The number of carboxylic acids is 1. The fourth-order valence-electron chi connectivity index (χ4n) is 3.24. The van der Waals surface area contributed by atoms with Gasteiger partial charge in [0.2, 0.25) is 5.91 Å². The standard InChI is InChI=1S/C21H29N3O3/c1-5-10-17-22-19(18(21(26)27)24(17)13-14(3)4)23-20(25)16(6-2)15-11-8-7-9-12-15/h7-9,11-12,14,16H,5-6,10,13H2,1-4H3,(H,23,25)(H,26,27). The summed E-state index contributed by atoms with van der Waals surface area (Å²) in [6.45, 7) is 8.57. The molecule has 0 bridgehead atoms. The second-order valence-electron chi connectivity index (χ2n) is 7.15. The van der Waals surface area contributed by atoms with Crippen molar-refractivity contribution in [1.82, 2.24) is 9.55 Å². The number of hydrogen-bond acceptors (Lipinski definition) is 3. The zero-order valence-electron chi connectivity index (χ0n) is 16.5. The molecule has 0 spiro atoms. The smallest absolute Gasteiger partial charge is 0.356 e. The van der Waals surface area contributed by atoms with Crippen molar-refractivity contribution in [3.05, 3.63) is 47.4 Å². The normalized spacial score (nSPS) is 12.2. The Morgan fingerprint density at radius 1 is 1.19 bits per heavy atom. The number of aryl methyl sites for hydroxylation is 1. The first-order valence-corrected chi connectivity index (χ1v) is 9.57. The fraction of sp³-hybridized carbons (Fsp3) is 0.476. The molecule has 2 aromatic rings. The second-order valence-corrected chi connectivity index (χ2v) is 7.15. The quantitative estimate of drug-likeness (QED) is 0.687. The van der Waals surface area contributed by atoms with Gasteiger partial charge in [0.15, 0.2) is 11.5 Å². The number of rotatable bonds is 9. The highest BCUT2D eigenvalue weighted by molar-refractivity contribution is 6.00. The molecule has 6 heteroatoms. The Morgan fingerprint density at radius 3 is 2.37 bits per heavy atom. The van der Waals surface area contributed by atoms with Gasteiger partial charge in [0, 0.05) is 13.0 Å². The number of carboxylic acid groups (broad SMARTS) is 1. The number of carbonyl (C=O) groups is 2. The Kier molecular flexibility index (Phi) is 7.16. The maximum atomic E-state index is 12.9. The summed E-state index contributed by atoms with van der Waals surface area (Å²) in [7, 11) is 0. The molecule has 0 aliphatic heterocycles. The number of carbonyl (C=O) groups excluding carboxylic acids is 1. The summed E-state index contributed by atoms with van der Waals surface area (Å²) in [5.74, 6) is -0.545. The first kappa shape index (κ1) is 20.7. The van der Waals surface area contributed by atoms with E-state index in [2.05, 4.69) is 10.3 Å². The first-order chi connectivity index (χ1) is 12.9. The lowest BCUT2D eigenvalue weighted by molar-refractivity contribution is -0.117. The van der Waals surface area contributed by atoms with Crippen molar-refractivity contribution in [2.24, 2.45) is 5.92 Å². The number of aromatic nitrogens is 2. The van der Waals surface area contributed by atoms with E-state index < -0.39 is 5.97 Å². The fourth-order valence-corrected chi connectivity index (χ4v) is 3.24. The van der Waals surface area contributed by atoms with E-state index in [-0.39, 0.29) is 29.3 Å². The number of nitrogens with zero attached hydrogens (tertiary/aromatic N) is 2. The van der Waals surface area contributed by atoms with Gasteiger partial charge < -0.3 is 15.0 Å². The van der Waals surface area contributed by atoms with Gasteiger partial charge in [0.25, 0.3) is 0 Å². The van der Waals surface area contributed by atoms with Gasteiger partial charge in [0.05, 0.1) is 5.92 Å². The molecule has 0 saturated heterocycles. The maximum absolute atomic E-state index is 12.9. The molecule has 2 rings (SSSR count). The van der Waals surface area contributed by atoms with Crippen molar-refractivity contribution < 1.29 is 14.7 Å². The van der Waals surface area contributed by atoms with Gasteiger partial charge in [-0.05, 0) is 24.3 Å². The molecule has 6 nitrogen and oxygen atoms in total. The summed E-state index contributed by atoms with van der Waals surface area (Å²) in [5.41, 5.74) is 0.966. The van der Waals surface area contributed by atoms with Gasteiger partial charge in [-0.3, -0.25) is 4.79 Å². The molecule has 0 radical (unpaired) electrons. The lowest BCUT2D eigenvalue weighted by Gasteiger charge is -2.15. The first-order valence-electron chi connectivity index (χ1n) is 9.57. The number of benzene rings is 1. The zero-order valence-corrected chi connectivity index (χ0v) is 16.5. The van der Waals surface area contributed by atoms with Crippen molar-refractivity contribution in [3.63, 3.8) is 0 Å². The number of amides is 1. The summed E-state index contributed by atoms with van der Waals surface area (Å²) >= 11 is 0. The highest BCUT2D eigenvalue weighted by Crippen LogP contribution is 2.25. The van der Waals surface area contributed by atoms with Crippen LogP contribution in [0.5, 0.6) is 0 Å². The summed E-state index contributed by atoms with van der Waals surface area (Å²) in [6.07, 6.45) is 2.13. The molecule has 1 aromatic carbocycles. The third-order valence-electron chi connectivity index (χ3n) is 4.44. The van der Waals surface area contributed by atoms with Gasteiger partial charge in [-0.25, -0.2) is 9.78 Å². The maximum Gasteiger partial charge on any atom is 0.356 e. The minimum absolute atomic E-state index is 0.0587. The van der Waals surface area contributed by atoms with Gasteiger partial charge in [0.1, 0.15) is 5.82 Å². The second kappa shape index (κ2) is 9.35. The molecular weight excluding hydrogens is 342 g/mol. The van der Waals surface area contributed by atoms with Crippen LogP contribution in [-0.2, 0) is 17.8 Å². The Morgan fingerprint density at radius 2 is 1.85 bits per heavy atom. The predicted molar refractivity (Wildman–Crippen MR) is 106 cm³/mol. The Labute approximate surface area is 160 Å². The van der Waals surface area contributed by atoms with Crippen LogP contribution >= 0.6 is 0 Å². The number of hydrogen-bond donors (Lipinski definition) is 2. The third-order valence-corrected chi connectivity index (χ3v) is 4.44. The van der Waals surface area contributed by atoms with Crippen LogP contribution in [0.1, 0.15) is 68.3 Å². The van der Waals surface area contributed by atoms with Crippen LogP contribution in [0.15, 0.2) is 30.3 Å². The molecule has 0 fully saturated rings. The molecule has 1 unspecified atom stereocenters. The van der Waals surface area contributed by atoms with Gasteiger partial charge in [-0.2, -0.15) is 0 Å². The van der Waals surface area contributed by atoms with Gasteiger partial charge in [-0.1, -0.05) is 58.0 Å². The molecule has 1 amide bonds. The topological polar surface area (TPSA) is 84.2 Å². The summed E-state index contributed by atoms with van der Waals surface area (Å²) in [6, 6.07) is 9.51. The van der Waals surface area contributed by atoms with E-state index in [1.165, 1.54) is 0 Å². The molecule has 0 saturated carbocycles. The number of nitrogens with one attached hydrogen (secondary N) is 1. The van der Waals surface area contributed by atoms with E-state index >= 15 is 0 Å². The van der Waals surface area contributed by atoms with Crippen molar-refractivity contribution in [2.45, 2.75) is 59.4 Å². The van der Waals surface area contributed by atoms with Crippen LogP contribution in [0.2, 0.25) is 0 Å². The van der Waals surface area contributed by atoms with E-state index in [9.17, 15) is 14.7 Å².